The van der Waals surface area contributed by atoms with Gasteiger partial charge >= 0.3 is 6.03 Å². The number of nitrogens with one attached hydrogen (secondary N) is 2. The standard InChI is InChI=1S/C30H37N5OS/c1-19-8-10-26(11-9-19)35-27(33-34-29(35)37-18-25-7-5-4-6-20(25)2)21(3)31-28(36)32-30-15-22-12-23(16-30)14-24(13-22)17-30/h4-11,21-24H,12-18H2,1-3H3,(H2,31,32,36). The fourth-order valence-electron chi connectivity index (χ4n) is 7.31. The molecule has 194 valence electrons. The van der Waals surface area contributed by atoms with E-state index >= 15 is 0 Å². The number of aromatic nitrogens is 3. The second-order valence-electron chi connectivity index (χ2n) is 11.7. The minimum atomic E-state index is -0.282. The van der Waals surface area contributed by atoms with Crippen LogP contribution in [-0.2, 0) is 5.75 Å². The first-order valence-electron chi connectivity index (χ1n) is 13.7. The highest BCUT2D eigenvalue weighted by atomic mass is 32.2. The van der Waals surface area contributed by atoms with Crippen molar-refractivity contribution in [3.63, 3.8) is 0 Å². The molecular formula is C30H37N5OS. The molecule has 7 heteroatoms. The third-order valence-electron chi connectivity index (χ3n) is 8.72. The number of carbonyl (C=O) groups is 1. The van der Waals surface area contributed by atoms with Gasteiger partial charge in [0.15, 0.2) is 11.0 Å². The molecular weight excluding hydrogens is 478 g/mol. The zero-order valence-corrected chi connectivity index (χ0v) is 22.9. The van der Waals surface area contributed by atoms with Gasteiger partial charge in [0.2, 0.25) is 0 Å². The van der Waals surface area contributed by atoms with Gasteiger partial charge in [0.25, 0.3) is 0 Å². The molecule has 37 heavy (non-hydrogen) atoms. The van der Waals surface area contributed by atoms with E-state index in [1.807, 2.05) is 6.92 Å². The van der Waals surface area contributed by atoms with Crippen LogP contribution in [0.2, 0.25) is 0 Å². The van der Waals surface area contributed by atoms with Gasteiger partial charge in [-0.3, -0.25) is 4.57 Å². The fourth-order valence-corrected chi connectivity index (χ4v) is 8.34. The summed E-state index contributed by atoms with van der Waals surface area (Å²) < 4.78 is 2.10. The van der Waals surface area contributed by atoms with E-state index in [4.69, 9.17) is 0 Å². The van der Waals surface area contributed by atoms with Gasteiger partial charge in [-0.2, -0.15) is 0 Å². The predicted molar refractivity (Wildman–Crippen MR) is 148 cm³/mol. The fraction of sp³-hybridized carbons (Fsp3) is 0.500. The Kier molecular flexibility index (Phi) is 6.51. The Morgan fingerprint density at radius 1 is 1.00 bits per heavy atom. The van der Waals surface area contributed by atoms with Gasteiger partial charge in [0.05, 0.1) is 6.04 Å². The summed E-state index contributed by atoms with van der Waals surface area (Å²) in [6.45, 7) is 6.23. The summed E-state index contributed by atoms with van der Waals surface area (Å²) >= 11 is 1.68. The van der Waals surface area contributed by atoms with Gasteiger partial charge in [0.1, 0.15) is 0 Å². The molecule has 4 aliphatic carbocycles. The molecule has 6 nitrogen and oxygen atoms in total. The monoisotopic (exact) mass is 515 g/mol. The maximum atomic E-state index is 13.3. The smallest absolute Gasteiger partial charge is 0.315 e. The number of nitrogens with zero attached hydrogens (tertiary/aromatic N) is 3. The Morgan fingerprint density at radius 3 is 2.30 bits per heavy atom. The first kappa shape index (κ1) is 24.5. The molecule has 4 aliphatic rings. The first-order valence-corrected chi connectivity index (χ1v) is 14.6. The summed E-state index contributed by atoms with van der Waals surface area (Å²) in [4.78, 5) is 13.3. The van der Waals surface area contributed by atoms with Gasteiger partial charge in [0, 0.05) is 17.0 Å². The van der Waals surface area contributed by atoms with Crippen molar-refractivity contribution in [1.82, 2.24) is 25.4 Å². The zero-order chi connectivity index (χ0) is 25.6. The number of hydrogen-bond acceptors (Lipinski definition) is 4. The Hall–Kier alpha value is -2.80. The normalized spacial score (nSPS) is 26.7. The van der Waals surface area contributed by atoms with E-state index < -0.39 is 0 Å². The molecule has 4 saturated carbocycles. The third kappa shape index (κ3) is 5.02. The van der Waals surface area contributed by atoms with Gasteiger partial charge in [-0.1, -0.05) is 53.7 Å². The minimum absolute atomic E-state index is 0.0161. The zero-order valence-electron chi connectivity index (χ0n) is 22.0. The van der Waals surface area contributed by atoms with Crippen LogP contribution in [0.25, 0.3) is 5.69 Å². The highest BCUT2D eigenvalue weighted by Crippen LogP contribution is 2.55. The van der Waals surface area contributed by atoms with Crippen LogP contribution >= 0.6 is 11.8 Å². The molecule has 0 saturated heterocycles. The lowest BCUT2D eigenvalue weighted by molar-refractivity contribution is -0.0136. The van der Waals surface area contributed by atoms with Gasteiger partial charge in [-0.25, -0.2) is 4.79 Å². The molecule has 7 rings (SSSR count). The quantitative estimate of drug-likeness (QED) is 0.352. The van der Waals surface area contributed by atoms with E-state index in [1.54, 1.807) is 11.8 Å². The van der Waals surface area contributed by atoms with Crippen molar-refractivity contribution in [1.29, 1.82) is 0 Å². The van der Waals surface area contributed by atoms with Crippen LogP contribution in [0.15, 0.2) is 53.7 Å². The van der Waals surface area contributed by atoms with Crippen LogP contribution < -0.4 is 10.6 Å². The van der Waals surface area contributed by atoms with Crippen molar-refractivity contribution >= 4 is 17.8 Å². The van der Waals surface area contributed by atoms with Crippen molar-refractivity contribution in [2.45, 2.75) is 81.8 Å². The molecule has 3 aromatic rings. The number of urea groups is 1. The minimum Gasteiger partial charge on any atom is -0.333 e. The summed E-state index contributed by atoms with van der Waals surface area (Å²) in [5, 5.41) is 16.6. The number of thioether (sulfide) groups is 1. The summed E-state index contributed by atoms with van der Waals surface area (Å²) in [6.07, 6.45) is 7.50. The number of aryl methyl sites for hydroxylation is 2. The molecule has 0 radical (unpaired) electrons. The number of rotatable bonds is 7. The largest absolute Gasteiger partial charge is 0.333 e. The average Bonchev–Trinajstić information content (AvgIpc) is 3.27. The molecule has 4 fully saturated rings. The van der Waals surface area contributed by atoms with Crippen molar-refractivity contribution in [2.75, 3.05) is 0 Å². The lowest BCUT2D eigenvalue weighted by Gasteiger charge is -2.56. The van der Waals surface area contributed by atoms with E-state index in [0.717, 1.165) is 59.4 Å². The lowest BCUT2D eigenvalue weighted by atomic mass is 9.53. The maximum absolute atomic E-state index is 13.3. The molecule has 1 heterocycles. The predicted octanol–water partition coefficient (Wildman–Crippen LogP) is 6.51. The molecule has 1 unspecified atom stereocenters. The summed E-state index contributed by atoms with van der Waals surface area (Å²) in [5.41, 5.74) is 4.75. The molecule has 2 N–H and O–H groups in total. The molecule has 1 atom stereocenters. The topological polar surface area (TPSA) is 71.8 Å². The Bertz CT molecular complexity index is 1250. The van der Waals surface area contributed by atoms with Crippen molar-refractivity contribution < 1.29 is 4.79 Å². The molecule has 1 aromatic heterocycles. The van der Waals surface area contributed by atoms with E-state index in [2.05, 4.69) is 87.8 Å². The van der Waals surface area contributed by atoms with Crippen LogP contribution in [0.1, 0.15) is 74.0 Å². The highest BCUT2D eigenvalue weighted by Gasteiger charge is 2.51. The summed E-state index contributed by atoms with van der Waals surface area (Å²) in [5.74, 6) is 3.94. The van der Waals surface area contributed by atoms with E-state index in [9.17, 15) is 4.79 Å². The molecule has 2 aromatic carbocycles. The third-order valence-corrected chi connectivity index (χ3v) is 9.70. The number of hydrogen-bond donors (Lipinski definition) is 2. The number of amides is 2. The Labute approximate surface area is 224 Å². The second kappa shape index (κ2) is 9.82. The maximum Gasteiger partial charge on any atom is 0.315 e. The Morgan fingerprint density at radius 2 is 1.65 bits per heavy atom. The van der Waals surface area contributed by atoms with Gasteiger partial charge in [-0.15, -0.1) is 10.2 Å². The van der Waals surface area contributed by atoms with Gasteiger partial charge < -0.3 is 10.6 Å². The highest BCUT2D eigenvalue weighted by molar-refractivity contribution is 7.98. The van der Waals surface area contributed by atoms with E-state index in [-0.39, 0.29) is 17.6 Å². The van der Waals surface area contributed by atoms with Gasteiger partial charge in [-0.05, 0) is 100 Å². The SMILES string of the molecule is Cc1ccc(-n2c(SCc3ccccc3C)nnc2C(C)NC(=O)NC23CC4CC(CC(C4)C2)C3)cc1. The van der Waals surface area contributed by atoms with Crippen LogP contribution in [0, 0.1) is 31.6 Å². The van der Waals surface area contributed by atoms with Crippen molar-refractivity contribution in [3.8, 4) is 5.69 Å². The molecule has 0 spiro atoms. The Balaban J connectivity index is 1.21. The molecule has 4 bridgehead atoms. The van der Waals surface area contributed by atoms with Crippen molar-refractivity contribution in [2.24, 2.45) is 17.8 Å². The molecule has 0 aliphatic heterocycles. The lowest BCUT2D eigenvalue weighted by Crippen LogP contribution is -2.61. The van der Waals surface area contributed by atoms with Crippen LogP contribution in [0.3, 0.4) is 0 Å². The second-order valence-corrected chi connectivity index (χ2v) is 12.7. The summed E-state index contributed by atoms with van der Waals surface area (Å²) in [6, 6.07) is 16.5. The van der Waals surface area contributed by atoms with Crippen LogP contribution in [0.5, 0.6) is 0 Å². The molecule has 2 amide bonds. The average molecular weight is 516 g/mol. The van der Waals surface area contributed by atoms with E-state index in [0.29, 0.717) is 0 Å². The van der Waals surface area contributed by atoms with E-state index in [1.165, 1.54) is 36.0 Å². The number of benzene rings is 2. The first-order chi connectivity index (χ1) is 17.9. The summed E-state index contributed by atoms with van der Waals surface area (Å²) in [7, 11) is 0. The number of carbonyl (C=O) groups excluding carboxylic acids is 1. The van der Waals surface area contributed by atoms with Crippen LogP contribution in [-0.4, -0.2) is 26.3 Å². The van der Waals surface area contributed by atoms with Crippen molar-refractivity contribution in [3.05, 3.63) is 71.0 Å². The van der Waals surface area contributed by atoms with Crippen LogP contribution in [0.4, 0.5) is 4.79 Å².